The van der Waals surface area contributed by atoms with Crippen LogP contribution in [0.4, 0.5) is 0 Å². The van der Waals surface area contributed by atoms with Gasteiger partial charge in [-0.3, -0.25) is 4.90 Å². The molecule has 0 amide bonds. The van der Waals surface area contributed by atoms with E-state index in [9.17, 15) is 0 Å². The van der Waals surface area contributed by atoms with Crippen LogP contribution >= 0.6 is 0 Å². The number of nitrogens with two attached hydrogens (primary N) is 1. The van der Waals surface area contributed by atoms with Gasteiger partial charge >= 0.3 is 0 Å². The summed E-state index contributed by atoms with van der Waals surface area (Å²) < 4.78 is 0. The van der Waals surface area contributed by atoms with Crippen LogP contribution < -0.4 is 5.73 Å². The van der Waals surface area contributed by atoms with Gasteiger partial charge in [0, 0.05) is 24.7 Å². The molecule has 0 aromatic heterocycles. The fourth-order valence-electron chi connectivity index (χ4n) is 1.88. The predicted octanol–water partition coefficient (Wildman–Crippen LogP) is 1.21. The average Bonchev–Trinajstić information content (AvgIpc) is 1.94. The van der Waals surface area contributed by atoms with Crippen LogP contribution in [0.1, 0.15) is 33.6 Å². The molecule has 0 unspecified atom stereocenters. The maximum absolute atomic E-state index is 5.88. The van der Waals surface area contributed by atoms with Crippen molar-refractivity contribution in [1.82, 2.24) is 4.90 Å². The van der Waals surface area contributed by atoms with Crippen molar-refractivity contribution in [2.24, 2.45) is 5.73 Å². The smallest absolute Gasteiger partial charge is 0.0168 e. The predicted molar refractivity (Wildman–Crippen MR) is 48.5 cm³/mol. The molecule has 1 saturated heterocycles. The van der Waals surface area contributed by atoms with Gasteiger partial charge in [-0.25, -0.2) is 0 Å². The van der Waals surface area contributed by atoms with Crippen LogP contribution in [-0.4, -0.2) is 29.6 Å². The fraction of sp³-hybridized carbons (Fsp3) is 1.00. The first kappa shape index (κ1) is 9.01. The Hall–Kier alpha value is -0.0800. The maximum Gasteiger partial charge on any atom is 0.0168 e. The zero-order valence-electron chi connectivity index (χ0n) is 7.88. The summed E-state index contributed by atoms with van der Waals surface area (Å²) in [6.07, 6.45) is 2.46. The van der Waals surface area contributed by atoms with Crippen molar-refractivity contribution in [3.05, 3.63) is 0 Å². The molecule has 1 aliphatic heterocycles. The largest absolute Gasteiger partial charge is 0.327 e. The molecule has 0 aromatic carbocycles. The van der Waals surface area contributed by atoms with Crippen LogP contribution in [-0.2, 0) is 0 Å². The SMILES string of the molecule is CC(C)N1C[C@@H](N)CC[C@@H]1C. The molecule has 66 valence electrons. The lowest BCUT2D eigenvalue weighted by molar-refractivity contribution is 0.111. The minimum absolute atomic E-state index is 0.411. The van der Waals surface area contributed by atoms with Crippen molar-refractivity contribution >= 4 is 0 Å². The minimum atomic E-state index is 0.411. The lowest BCUT2D eigenvalue weighted by atomic mass is 9.99. The fourth-order valence-corrected chi connectivity index (χ4v) is 1.88. The molecule has 2 nitrogen and oxygen atoms in total. The van der Waals surface area contributed by atoms with Gasteiger partial charge in [-0.2, -0.15) is 0 Å². The van der Waals surface area contributed by atoms with E-state index in [2.05, 4.69) is 25.7 Å². The second kappa shape index (κ2) is 3.55. The van der Waals surface area contributed by atoms with Gasteiger partial charge in [0.2, 0.25) is 0 Å². The molecule has 1 fully saturated rings. The zero-order chi connectivity index (χ0) is 8.43. The molecule has 0 aliphatic carbocycles. The first-order valence-corrected chi connectivity index (χ1v) is 4.62. The first-order chi connectivity index (χ1) is 5.11. The number of hydrogen-bond acceptors (Lipinski definition) is 2. The third-order valence-electron chi connectivity index (χ3n) is 2.63. The Morgan fingerprint density at radius 2 is 2.00 bits per heavy atom. The molecule has 2 N–H and O–H groups in total. The van der Waals surface area contributed by atoms with E-state index in [1.54, 1.807) is 0 Å². The van der Waals surface area contributed by atoms with Crippen LogP contribution in [0.15, 0.2) is 0 Å². The molecular weight excluding hydrogens is 136 g/mol. The Bertz CT molecular complexity index is 123. The van der Waals surface area contributed by atoms with Crippen molar-refractivity contribution in [3.8, 4) is 0 Å². The Morgan fingerprint density at radius 3 is 2.45 bits per heavy atom. The lowest BCUT2D eigenvalue weighted by Gasteiger charge is -2.39. The Balaban J connectivity index is 2.47. The molecule has 0 aromatic rings. The highest BCUT2D eigenvalue weighted by atomic mass is 15.2. The molecule has 1 aliphatic rings. The van der Waals surface area contributed by atoms with Gasteiger partial charge in [0.25, 0.3) is 0 Å². The molecule has 0 spiro atoms. The standard InChI is InChI=1S/C9H20N2/c1-7(2)11-6-9(10)5-4-8(11)3/h7-9H,4-6,10H2,1-3H3/t8-,9-/m0/s1. The second-order valence-electron chi connectivity index (χ2n) is 3.98. The molecule has 1 rings (SSSR count). The Labute approximate surface area is 69.8 Å². The van der Waals surface area contributed by atoms with E-state index in [0.29, 0.717) is 12.1 Å². The molecule has 2 heteroatoms. The van der Waals surface area contributed by atoms with Crippen molar-refractivity contribution in [2.45, 2.75) is 51.7 Å². The molecule has 2 atom stereocenters. The number of rotatable bonds is 1. The van der Waals surface area contributed by atoms with Crippen molar-refractivity contribution < 1.29 is 0 Å². The third-order valence-corrected chi connectivity index (χ3v) is 2.63. The van der Waals surface area contributed by atoms with Gasteiger partial charge in [-0.05, 0) is 33.6 Å². The summed E-state index contributed by atoms with van der Waals surface area (Å²) in [4.78, 5) is 2.49. The zero-order valence-corrected chi connectivity index (χ0v) is 7.88. The Kier molecular flexibility index (Phi) is 2.90. The van der Waals surface area contributed by atoms with Crippen LogP contribution in [0, 0.1) is 0 Å². The van der Waals surface area contributed by atoms with E-state index in [1.165, 1.54) is 12.8 Å². The summed E-state index contributed by atoms with van der Waals surface area (Å²) in [5.74, 6) is 0. The monoisotopic (exact) mass is 156 g/mol. The summed E-state index contributed by atoms with van der Waals surface area (Å²) in [7, 11) is 0. The number of nitrogens with zero attached hydrogens (tertiary/aromatic N) is 1. The molecular formula is C9H20N2. The van der Waals surface area contributed by atoms with Crippen LogP contribution in [0.25, 0.3) is 0 Å². The van der Waals surface area contributed by atoms with Crippen molar-refractivity contribution in [2.75, 3.05) is 6.54 Å². The summed E-state index contributed by atoms with van der Waals surface area (Å²) in [5.41, 5.74) is 5.88. The van der Waals surface area contributed by atoms with Crippen molar-refractivity contribution in [3.63, 3.8) is 0 Å². The molecule has 0 bridgehead atoms. The second-order valence-corrected chi connectivity index (χ2v) is 3.98. The molecule has 0 radical (unpaired) electrons. The van der Waals surface area contributed by atoms with Gasteiger partial charge in [-0.15, -0.1) is 0 Å². The average molecular weight is 156 g/mol. The summed E-state index contributed by atoms with van der Waals surface area (Å²) in [5, 5.41) is 0. The quantitative estimate of drug-likeness (QED) is 0.618. The minimum Gasteiger partial charge on any atom is -0.327 e. The normalized spacial score (nSPS) is 34.6. The number of piperidine rings is 1. The van der Waals surface area contributed by atoms with Gasteiger partial charge in [-0.1, -0.05) is 0 Å². The van der Waals surface area contributed by atoms with Gasteiger partial charge < -0.3 is 5.73 Å². The van der Waals surface area contributed by atoms with Gasteiger partial charge in [0.15, 0.2) is 0 Å². The summed E-state index contributed by atoms with van der Waals surface area (Å²) >= 11 is 0. The lowest BCUT2D eigenvalue weighted by Crippen LogP contribution is -2.50. The van der Waals surface area contributed by atoms with E-state index in [1.807, 2.05) is 0 Å². The van der Waals surface area contributed by atoms with Crippen LogP contribution in [0.3, 0.4) is 0 Å². The van der Waals surface area contributed by atoms with Crippen LogP contribution in [0.2, 0.25) is 0 Å². The highest BCUT2D eigenvalue weighted by Crippen LogP contribution is 2.17. The third kappa shape index (κ3) is 2.17. The molecule has 1 heterocycles. The first-order valence-electron chi connectivity index (χ1n) is 4.62. The molecule has 11 heavy (non-hydrogen) atoms. The summed E-state index contributed by atoms with van der Waals surface area (Å²) in [6.45, 7) is 7.87. The topological polar surface area (TPSA) is 29.3 Å². The highest BCUT2D eigenvalue weighted by Gasteiger charge is 2.24. The maximum atomic E-state index is 5.88. The van der Waals surface area contributed by atoms with Crippen molar-refractivity contribution in [1.29, 1.82) is 0 Å². The van der Waals surface area contributed by atoms with E-state index in [-0.39, 0.29) is 0 Å². The summed E-state index contributed by atoms with van der Waals surface area (Å²) in [6, 6.07) is 1.79. The van der Waals surface area contributed by atoms with E-state index in [0.717, 1.165) is 12.6 Å². The molecule has 0 saturated carbocycles. The van der Waals surface area contributed by atoms with E-state index >= 15 is 0 Å². The van der Waals surface area contributed by atoms with Gasteiger partial charge in [0.05, 0.1) is 0 Å². The highest BCUT2D eigenvalue weighted by molar-refractivity contribution is 4.82. The Morgan fingerprint density at radius 1 is 1.36 bits per heavy atom. The van der Waals surface area contributed by atoms with E-state index in [4.69, 9.17) is 5.73 Å². The van der Waals surface area contributed by atoms with Gasteiger partial charge in [0.1, 0.15) is 0 Å². The van der Waals surface area contributed by atoms with Crippen LogP contribution in [0.5, 0.6) is 0 Å². The number of likely N-dealkylation sites (tertiary alicyclic amines) is 1. The van der Waals surface area contributed by atoms with E-state index < -0.39 is 0 Å². The number of hydrogen-bond donors (Lipinski definition) is 1.